The molecule has 6 heteroatoms. The zero-order chi connectivity index (χ0) is 14.4. The third kappa shape index (κ3) is 3.79. The van der Waals surface area contributed by atoms with Gasteiger partial charge in [-0.2, -0.15) is 0 Å². The summed E-state index contributed by atoms with van der Waals surface area (Å²) < 4.78 is 5.38. The van der Waals surface area contributed by atoms with Crippen LogP contribution < -0.4 is 5.32 Å². The highest BCUT2D eigenvalue weighted by atomic mass is 32.1. The lowest BCUT2D eigenvalue weighted by Crippen LogP contribution is -2.27. The number of H-pyrrole nitrogens is 1. The first-order chi connectivity index (χ1) is 9.70. The molecule has 2 aromatic rings. The molecule has 1 unspecified atom stereocenters. The highest BCUT2D eigenvalue weighted by Crippen LogP contribution is 2.23. The molecular formula is C14H17N3O2S. The van der Waals surface area contributed by atoms with E-state index < -0.39 is 6.10 Å². The zero-order valence-corrected chi connectivity index (χ0v) is 12.1. The lowest BCUT2D eigenvalue weighted by atomic mass is 10.3. The van der Waals surface area contributed by atoms with Crippen LogP contribution in [0.25, 0.3) is 11.4 Å². The van der Waals surface area contributed by atoms with Crippen molar-refractivity contribution in [3.05, 3.63) is 36.4 Å². The average molecular weight is 291 g/mol. The minimum absolute atomic E-state index is 0.193. The van der Waals surface area contributed by atoms with E-state index in [1.807, 2.05) is 23.7 Å². The van der Waals surface area contributed by atoms with E-state index >= 15 is 0 Å². The van der Waals surface area contributed by atoms with E-state index in [2.05, 4.69) is 21.9 Å². The van der Waals surface area contributed by atoms with E-state index in [1.165, 1.54) is 11.3 Å². The molecule has 2 rings (SSSR count). The predicted octanol–water partition coefficient (Wildman–Crippen LogP) is 3.06. The predicted molar refractivity (Wildman–Crippen MR) is 80.8 cm³/mol. The minimum atomic E-state index is -0.507. The molecule has 1 amide bonds. The summed E-state index contributed by atoms with van der Waals surface area (Å²) in [6.07, 6.45) is 3.82. The van der Waals surface area contributed by atoms with Gasteiger partial charge in [-0.05, 0) is 25.5 Å². The van der Waals surface area contributed by atoms with Gasteiger partial charge in [0.05, 0.1) is 18.0 Å². The maximum absolute atomic E-state index is 11.9. The van der Waals surface area contributed by atoms with Crippen LogP contribution in [-0.4, -0.2) is 28.6 Å². The molecule has 0 aliphatic carbocycles. The third-order valence-electron chi connectivity index (χ3n) is 2.67. The van der Waals surface area contributed by atoms with Crippen LogP contribution in [-0.2, 0) is 9.53 Å². The van der Waals surface area contributed by atoms with Crippen LogP contribution in [0.3, 0.4) is 0 Å². The molecule has 0 saturated heterocycles. The third-order valence-corrected chi connectivity index (χ3v) is 3.42. The fourth-order valence-corrected chi connectivity index (χ4v) is 2.27. The summed E-state index contributed by atoms with van der Waals surface area (Å²) in [5, 5.41) is 5.22. The first-order valence-corrected chi connectivity index (χ1v) is 7.21. The molecule has 0 aliphatic heterocycles. The van der Waals surface area contributed by atoms with Crippen LogP contribution in [0.15, 0.2) is 36.4 Å². The Morgan fingerprint density at radius 2 is 2.55 bits per heavy atom. The first-order valence-electron chi connectivity index (χ1n) is 6.33. The summed E-state index contributed by atoms with van der Waals surface area (Å²) in [7, 11) is 0. The number of nitrogens with one attached hydrogen (secondary N) is 2. The molecule has 1 atom stereocenters. The van der Waals surface area contributed by atoms with Crippen molar-refractivity contribution < 1.29 is 9.53 Å². The van der Waals surface area contributed by atoms with Gasteiger partial charge in [0.1, 0.15) is 6.10 Å². The number of anilines is 1. The van der Waals surface area contributed by atoms with Crippen LogP contribution >= 0.6 is 11.3 Å². The van der Waals surface area contributed by atoms with Crippen molar-refractivity contribution in [3.8, 4) is 11.4 Å². The molecule has 0 aromatic carbocycles. The number of rotatable bonds is 7. The van der Waals surface area contributed by atoms with Gasteiger partial charge in [0, 0.05) is 11.6 Å². The summed E-state index contributed by atoms with van der Waals surface area (Å²) in [5.41, 5.74) is 1.74. The number of thiazole rings is 1. The number of carbonyl (C=O) groups excluding carboxylic acids is 1. The van der Waals surface area contributed by atoms with Gasteiger partial charge < -0.3 is 9.72 Å². The van der Waals surface area contributed by atoms with Crippen LogP contribution in [0.2, 0.25) is 0 Å². The SMILES string of the molecule is C=CCCOC(C)C(=O)Nc1nc(-c2ccc[nH]2)cs1. The summed E-state index contributed by atoms with van der Waals surface area (Å²) in [5.74, 6) is -0.193. The van der Waals surface area contributed by atoms with Crippen LogP contribution in [0.1, 0.15) is 13.3 Å². The Balaban J connectivity index is 1.90. The van der Waals surface area contributed by atoms with E-state index in [0.29, 0.717) is 11.7 Å². The smallest absolute Gasteiger partial charge is 0.254 e. The molecule has 0 radical (unpaired) electrons. The number of aromatic amines is 1. The largest absolute Gasteiger partial charge is 0.368 e. The number of carbonyl (C=O) groups is 1. The highest BCUT2D eigenvalue weighted by molar-refractivity contribution is 7.14. The summed E-state index contributed by atoms with van der Waals surface area (Å²) in [6, 6.07) is 3.84. The topological polar surface area (TPSA) is 67.0 Å². The second kappa shape index (κ2) is 7.02. The molecule has 106 valence electrons. The Bertz CT molecular complexity index is 563. The van der Waals surface area contributed by atoms with Crippen molar-refractivity contribution in [3.63, 3.8) is 0 Å². The number of aromatic nitrogens is 2. The molecule has 2 N–H and O–H groups in total. The maximum Gasteiger partial charge on any atom is 0.254 e. The van der Waals surface area contributed by atoms with Crippen molar-refractivity contribution in [2.24, 2.45) is 0 Å². The molecule has 0 saturated carbocycles. The van der Waals surface area contributed by atoms with Crippen molar-refractivity contribution >= 4 is 22.4 Å². The van der Waals surface area contributed by atoms with E-state index in [9.17, 15) is 4.79 Å². The number of ether oxygens (including phenoxy) is 1. The molecule has 2 aromatic heterocycles. The van der Waals surface area contributed by atoms with Gasteiger partial charge in [0.2, 0.25) is 0 Å². The number of hydrogen-bond donors (Lipinski definition) is 2. The molecular weight excluding hydrogens is 274 g/mol. The van der Waals surface area contributed by atoms with Crippen molar-refractivity contribution in [2.45, 2.75) is 19.4 Å². The number of amides is 1. The average Bonchev–Trinajstić information content (AvgIpc) is 3.08. The van der Waals surface area contributed by atoms with Gasteiger partial charge in [0.15, 0.2) is 5.13 Å². The number of hydrogen-bond acceptors (Lipinski definition) is 4. The molecule has 20 heavy (non-hydrogen) atoms. The maximum atomic E-state index is 11.9. The first kappa shape index (κ1) is 14.5. The molecule has 0 spiro atoms. The van der Waals surface area contributed by atoms with Gasteiger partial charge in [-0.1, -0.05) is 6.08 Å². The Morgan fingerprint density at radius 3 is 3.25 bits per heavy atom. The normalized spacial score (nSPS) is 12.1. The van der Waals surface area contributed by atoms with E-state index in [-0.39, 0.29) is 5.91 Å². The minimum Gasteiger partial charge on any atom is -0.368 e. The Morgan fingerprint density at radius 1 is 1.70 bits per heavy atom. The van der Waals surface area contributed by atoms with E-state index in [0.717, 1.165) is 17.8 Å². The van der Waals surface area contributed by atoms with Crippen LogP contribution in [0.4, 0.5) is 5.13 Å². The molecule has 0 fully saturated rings. The monoisotopic (exact) mass is 291 g/mol. The van der Waals surface area contributed by atoms with E-state index in [4.69, 9.17) is 4.74 Å². The van der Waals surface area contributed by atoms with E-state index in [1.54, 1.807) is 13.0 Å². The Hall–Kier alpha value is -1.92. The molecule has 2 heterocycles. The lowest BCUT2D eigenvalue weighted by molar-refractivity contribution is -0.126. The summed E-state index contributed by atoms with van der Waals surface area (Å²) in [4.78, 5) is 19.3. The van der Waals surface area contributed by atoms with Crippen molar-refractivity contribution in [1.29, 1.82) is 0 Å². The molecule has 0 bridgehead atoms. The van der Waals surface area contributed by atoms with Crippen molar-refractivity contribution in [2.75, 3.05) is 11.9 Å². The Labute approximate surface area is 121 Å². The van der Waals surface area contributed by atoms with Gasteiger partial charge in [-0.3, -0.25) is 10.1 Å². The summed E-state index contributed by atoms with van der Waals surface area (Å²) >= 11 is 1.39. The van der Waals surface area contributed by atoms with Gasteiger partial charge in [-0.25, -0.2) is 4.98 Å². The standard InChI is InChI=1S/C14H17N3O2S/c1-3-4-8-19-10(2)13(18)17-14-16-12(9-20-14)11-6-5-7-15-11/h3,5-7,9-10,15H,1,4,8H2,2H3,(H,16,17,18). The van der Waals surface area contributed by atoms with Gasteiger partial charge in [-0.15, -0.1) is 17.9 Å². The molecule has 0 aliphatic rings. The second-order valence-corrected chi connectivity index (χ2v) is 5.06. The van der Waals surface area contributed by atoms with Gasteiger partial charge in [0.25, 0.3) is 5.91 Å². The molecule has 5 nitrogen and oxygen atoms in total. The fraction of sp³-hybridized carbons (Fsp3) is 0.286. The summed E-state index contributed by atoms with van der Waals surface area (Å²) in [6.45, 7) is 5.82. The highest BCUT2D eigenvalue weighted by Gasteiger charge is 2.15. The Kier molecular flexibility index (Phi) is 5.09. The quantitative estimate of drug-likeness (QED) is 0.608. The van der Waals surface area contributed by atoms with Crippen molar-refractivity contribution in [1.82, 2.24) is 9.97 Å². The second-order valence-electron chi connectivity index (χ2n) is 4.20. The number of nitrogens with zero attached hydrogens (tertiary/aromatic N) is 1. The zero-order valence-electron chi connectivity index (χ0n) is 11.3. The van der Waals surface area contributed by atoms with Gasteiger partial charge >= 0.3 is 0 Å². The fourth-order valence-electron chi connectivity index (χ4n) is 1.56. The van der Waals surface area contributed by atoms with Crippen LogP contribution in [0.5, 0.6) is 0 Å². The lowest BCUT2D eigenvalue weighted by Gasteiger charge is -2.11. The van der Waals surface area contributed by atoms with Crippen LogP contribution in [0, 0.1) is 0 Å².